The van der Waals surface area contributed by atoms with Crippen LogP contribution in [-0.4, -0.2) is 41.5 Å². The van der Waals surface area contributed by atoms with Gasteiger partial charge in [-0.15, -0.1) is 0 Å². The topological polar surface area (TPSA) is 59.4 Å². The number of nitrogens with zero attached hydrogens (tertiary/aromatic N) is 3. The maximum Gasteiger partial charge on any atom is 0.259 e. The van der Waals surface area contributed by atoms with Crippen LogP contribution in [-0.2, 0) is 4.74 Å². The van der Waals surface area contributed by atoms with Crippen molar-refractivity contribution in [2.45, 2.75) is 51.1 Å². The maximum atomic E-state index is 13.1. The third-order valence-electron chi connectivity index (χ3n) is 6.70. The lowest BCUT2D eigenvalue weighted by Gasteiger charge is -2.31. The van der Waals surface area contributed by atoms with Crippen molar-refractivity contribution in [2.24, 2.45) is 5.92 Å². The van der Waals surface area contributed by atoms with Gasteiger partial charge >= 0.3 is 0 Å². The zero-order chi connectivity index (χ0) is 19.1. The van der Waals surface area contributed by atoms with E-state index in [1.807, 2.05) is 23.7 Å². The largest absolute Gasteiger partial charge is 0.381 e. The Hall–Kier alpha value is -2.34. The van der Waals surface area contributed by atoms with E-state index in [-0.39, 0.29) is 5.91 Å². The molecule has 28 heavy (non-hydrogen) atoms. The van der Waals surface area contributed by atoms with Crippen molar-refractivity contribution in [1.82, 2.24) is 9.78 Å². The van der Waals surface area contributed by atoms with Crippen molar-refractivity contribution in [1.29, 1.82) is 0 Å². The summed E-state index contributed by atoms with van der Waals surface area (Å²) in [4.78, 5) is 15.5. The average Bonchev–Trinajstić information content (AvgIpc) is 3.45. The Morgan fingerprint density at radius 1 is 1.14 bits per heavy atom. The fourth-order valence-electron chi connectivity index (χ4n) is 5.18. The van der Waals surface area contributed by atoms with E-state index in [1.54, 1.807) is 6.20 Å². The first-order chi connectivity index (χ1) is 13.7. The van der Waals surface area contributed by atoms with Crippen LogP contribution in [0.3, 0.4) is 0 Å². The van der Waals surface area contributed by atoms with Gasteiger partial charge in [-0.2, -0.15) is 5.10 Å². The fourth-order valence-corrected chi connectivity index (χ4v) is 5.18. The Morgan fingerprint density at radius 2 is 1.96 bits per heavy atom. The van der Waals surface area contributed by atoms with Gasteiger partial charge in [0.15, 0.2) is 0 Å². The van der Waals surface area contributed by atoms with Crippen molar-refractivity contribution >= 4 is 17.3 Å². The lowest BCUT2D eigenvalue weighted by atomic mass is 10.1. The van der Waals surface area contributed by atoms with Crippen LogP contribution >= 0.6 is 0 Å². The van der Waals surface area contributed by atoms with Crippen molar-refractivity contribution in [3.8, 4) is 0 Å². The molecule has 3 heterocycles. The van der Waals surface area contributed by atoms with Crippen LogP contribution in [0.5, 0.6) is 0 Å². The molecule has 0 radical (unpaired) electrons. The molecule has 5 rings (SSSR count). The minimum Gasteiger partial charge on any atom is -0.381 e. The second-order valence-corrected chi connectivity index (χ2v) is 8.39. The number of carbonyl (C=O) groups is 1. The van der Waals surface area contributed by atoms with Crippen LogP contribution < -0.4 is 10.2 Å². The molecule has 1 aromatic carbocycles. The van der Waals surface area contributed by atoms with Gasteiger partial charge in [0.05, 0.1) is 29.2 Å². The fraction of sp³-hybridized carbons (Fsp3) is 0.545. The first-order valence-corrected chi connectivity index (χ1v) is 10.5. The molecule has 0 spiro atoms. The number of piperidine rings is 1. The molecular formula is C22H28N4O2. The van der Waals surface area contributed by atoms with Crippen LogP contribution in [0.2, 0.25) is 0 Å². The van der Waals surface area contributed by atoms with Gasteiger partial charge in [0, 0.05) is 31.5 Å². The molecule has 148 valence electrons. The van der Waals surface area contributed by atoms with Gasteiger partial charge in [-0.1, -0.05) is 12.1 Å². The van der Waals surface area contributed by atoms with E-state index >= 15 is 0 Å². The molecule has 2 aliphatic heterocycles. The minimum atomic E-state index is -0.0763. The van der Waals surface area contributed by atoms with Gasteiger partial charge in [0.1, 0.15) is 0 Å². The van der Waals surface area contributed by atoms with E-state index < -0.39 is 0 Å². The summed E-state index contributed by atoms with van der Waals surface area (Å²) in [6.45, 7) is 4.62. The van der Waals surface area contributed by atoms with Gasteiger partial charge < -0.3 is 15.0 Å². The van der Waals surface area contributed by atoms with Crippen LogP contribution in [0, 0.1) is 12.8 Å². The zero-order valence-corrected chi connectivity index (χ0v) is 16.4. The maximum absolute atomic E-state index is 13.1. The van der Waals surface area contributed by atoms with Gasteiger partial charge in [0.2, 0.25) is 0 Å². The first-order valence-electron chi connectivity index (χ1n) is 10.5. The van der Waals surface area contributed by atoms with Crippen molar-refractivity contribution in [3.63, 3.8) is 0 Å². The van der Waals surface area contributed by atoms with Crippen molar-refractivity contribution in [2.75, 3.05) is 30.0 Å². The molecular weight excluding hydrogens is 352 g/mol. The number of anilines is 2. The SMILES string of the molecule is Cc1c(C(=O)Nc2ccccc2N2CC3CCC2C3)cnn1C1CCOCC1. The number of amides is 1. The van der Waals surface area contributed by atoms with Crippen LogP contribution in [0.25, 0.3) is 0 Å². The summed E-state index contributed by atoms with van der Waals surface area (Å²) >= 11 is 0. The van der Waals surface area contributed by atoms with E-state index in [1.165, 1.54) is 19.3 Å². The second kappa shape index (κ2) is 7.24. The molecule has 1 aromatic heterocycles. The standard InChI is InChI=1S/C22H28N4O2/c1-15-19(13-23-26(15)17-8-10-28-11-9-17)22(27)24-20-4-2-3-5-21(20)25-14-16-6-7-18(25)12-16/h2-5,13,16-18H,6-12,14H2,1H3,(H,24,27). The number of hydrogen-bond acceptors (Lipinski definition) is 4. The lowest BCUT2D eigenvalue weighted by Crippen LogP contribution is -2.32. The molecule has 2 saturated heterocycles. The summed E-state index contributed by atoms with van der Waals surface area (Å²) in [5.41, 5.74) is 3.64. The predicted molar refractivity (Wildman–Crippen MR) is 109 cm³/mol. The van der Waals surface area contributed by atoms with Gasteiger partial charge in [0.25, 0.3) is 5.91 Å². The molecule has 3 aliphatic rings. The Bertz CT molecular complexity index is 871. The summed E-state index contributed by atoms with van der Waals surface area (Å²) in [6.07, 6.45) is 7.51. The lowest BCUT2D eigenvalue weighted by molar-refractivity contribution is 0.0656. The molecule has 2 bridgehead atoms. The smallest absolute Gasteiger partial charge is 0.259 e. The summed E-state index contributed by atoms with van der Waals surface area (Å²) in [7, 11) is 0. The minimum absolute atomic E-state index is 0.0763. The Labute approximate surface area is 165 Å². The first kappa shape index (κ1) is 17.7. The van der Waals surface area contributed by atoms with Gasteiger partial charge in [-0.3, -0.25) is 9.48 Å². The average molecular weight is 380 g/mol. The quantitative estimate of drug-likeness (QED) is 0.877. The van der Waals surface area contributed by atoms with E-state index in [4.69, 9.17) is 4.74 Å². The van der Waals surface area contributed by atoms with E-state index in [0.29, 0.717) is 17.6 Å². The highest BCUT2D eigenvalue weighted by atomic mass is 16.5. The molecule has 6 nitrogen and oxygen atoms in total. The van der Waals surface area contributed by atoms with E-state index in [9.17, 15) is 4.79 Å². The van der Waals surface area contributed by atoms with E-state index in [0.717, 1.165) is 55.6 Å². The predicted octanol–water partition coefficient (Wildman–Crippen LogP) is 3.78. The number of para-hydroxylation sites is 2. The summed E-state index contributed by atoms with van der Waals surface area (Å²) in [6, 6.07) is 9.15. The second-order valence-electron chi connectivity index (χ2n) is 8.39. The molecule has 1 amide bonds. The Balaban J connectivity index is 1.36. The van der Waals surface area contributed by atoms with Gasteiger partial charge in [-0.25, -0.2) is 0 Å². The molecule has 2 unspecified atom stereocenters. The molecule has 6 heteroatoms. The summed E-state index contributed by atoms with van der Waals surface area (Å²) < 4.78 is 7.45. The number of fused-ring (bicyclic) bond motifs is 2. The van der Waals surface area contributed by atoms with E-state index in [2.05, 4.69) is 27.4 Å². The van der Waals surface area contributed by atoms with Crippen LogP contribution in [0.4, 0.5) is 11.4 Å². The number of hydrogen-bond donors (Lipinski definition) is 1. The summed E-state index contributed by atoms with van der Waals surface area (Å²) in [5, 5.41) is 7.68. The molecule has 3 fully saturated rings. The number of benzene rings is 1. The van der Waals surface area contributed by atoms with Gasteiger partial charge in [-0.05, 0) is 57.1 Å². The number of rotatable bonds is 4. The number of carbonyl (C=O) groups excluding carboxylic acids is 1. The normalized spacial score (nSPS) is 24.7. The molecule has 2 atom stereocenters. The third kappa shape index (κ3) is 3.09. The van der Waals surface area contributed by atoms with Crippen molar-refractivity contribution < 1.29 is 9.53 Å². The number of nitrogens with one attached hydrogen (secondary N) is 1. The molecule has 1 aliphatic carbocycles. The molecule has 1 saturated carbocycles. The van der Waals surface area contributed by atoms with Crippen LogP contribution in [0.15, 0.2) is 30.5 Å². The highest BCUT2D eigenvalue weighted by molar-refractivity contribution is 6.06. The molecule has 1 N–H and O–H groups in total. The zero-order valence-electron chi connectivity index (χ0n) is 16.4. The number of ether oxygens (including phenoxy) is 1. The third-order valence-corrected chi connectivity index (χ3v) is 6.70. The van der Waals surface area contributed by atoms with Crippen molar-refractivity contribution in [3.05, 3.63) is 41.7 Å². The Morgan fingerprint density at radius 3 is 2.71 bits per heavy atom. The number of aromatic nitrogens is 2. The highest BCUT2D eigenvalue weighted by Crippen LogP contribution is 2.42. The summed E-state index contributed by atoms with van der Waals surface area (Å²) in [5.74, 6) is 0.737. The molecule has 2 aromatic rings. The Kier molecular flexibility index (Phi) is 4.59. The highest BCUT2D eigenvalue weighted by Gasteiger charge is 2.38. The van der Waals surface area contributed by atoms with Crippen LogP contribution in [0.1, 0.15) is 54.2 Å². The monoisotopic (exact) mass is 380 g/mol.